The number of fused-ring (bicyclic) bond motifs is 1. The lowest BCUT2D eigenvalue weighted by atomic mass is 9.78. The molecule has 0 fully saturated rings. The molecule has 0 saturated carbocycles. The zero-order chi connectivity index (χ0) is 20.5. The van der Waals surface area contributed by atoms with Crippen LogP contribution in [0.15, 0.2) is 24.3 Å². The van der Waals surface area contributed by atoms with E-state index in [-0.39, 0.29) is 17.1 Å². The van der Waals surface area contributed by atoms with Crippen molar-refractivity contribution in [3.05, 3.63) is 46.0 Å². The van der Waals surface area contributed by atoms with E-state index in [1.807, 2.05) is 24.3 Å². The second-order valence-electron chi connectivity index (χ2n) is 8.54. The van der Waals surface area contributed by atoms with Crippen molar-refractivity contribution in [1.82, 2.24) is 9.88 Å². The number of thiazole rings is 1. The third kappa shape index (κ3) is 4.67. The third-order valence-electron chi connectivity index (χ3n) is 5.19. The van der Waals surface area contributed by atoms with Crippen LogP contribution in [0.2, 0.25) is 0 Å². The minimum atomic E-state index is -0.194. The van der Waals surface area contributed by atoms with E-state index in [1.165, 1.54) is 16.9 Å². The average Bonchev–Trinajstić information content (AvgIpc) is 3.01. The molecule has 0 bridgehead atoms. The summed E-state index contributed by atoms with van der Waals surface area (Å²) in [5.41, 5.74) is 2.52. The van der Waals surface area contributed by atoms with Gasteiger partial charge < -0.3 is 0 Å². The maximum absolute atomic E-state index is 12.6. The first-order chi connectivity index (χ1) is 13.2. The Morgan fingerprint density at radius 1 is 1.25 bits per heavy atom. The van der Waals surface area contributed by atoms with Crippen LogP contribution in [0, 0.1) is 5.41 Å². The van der Waals surface area contributed by atoms with Gasteiger partial charge in [-0.3, -0.25) is 19.8 Å². The number of rotatable bonds is 6. The maximum atomic E-state index is 12.6. The number of nitrogens with zero attached hydrogens (tertiary/aromatic N) is 2. The van der Waals surface area contributed by atoms with Crippen LogP contribution >= 0.6 is 11.3 Å². The van der Waals surface area contributed by atoms with Gasteiger partial charge in [0, 0.05) is 24.6 Å². The number of anilines is 1. The van der Waals surface area contributed by atoms with Crippen molar-refractivity contribution < 1.29 is 9.59 Å². The quantitative estimate of drug-likeness (QED) is 0.759. The molecule has 0 radical (unpaired) electrons. The summed E-state index contributed by atoms with van der Waals surface area (Å²) in [6.45, 7) is 12.5. The molecule has 1 aromatic carbocycles. The summed E-state index contributed by atoms with van der Waals surface area (Å²) < 4.78 is 0. The largest absolute Gasteiger partial charge is 0.298 e. The van der Waals surface area contributed by atoms with Gasteiger partial charge in [-0.15, -0.1) is 0 Å². The number of carbonyl (C=O) groups excluding carboxylic acids is 2. The summed E-state index contributed by atoms with van der Waals surface area (Å²) in [7, 11) is 0. The fraction of sp³-hybridized carbons (Fsp3) is 0.500. The molecular weight excluding hydrogens is 370 g/mol. The summed E-state index contributed by atoms with van der Waals surface area (Å²) in [6.07, 6.45) is 1.29. The molecule has 0 atom stereocenters. The molecule has 0 unspecified atom stereocenters. The third-order valence-corrected chi connectivity index (χ3v) is 6.25. The van der Waals surface area contributed by atoms with E-state index in [0.29, 0.717) is 28.0 Å². The van der Waals surface area contributed by atoms with Crippen LogP contribution in [-0.4, -0.2) is 34.2 Å². The van der Waals surface area contributed by atoms with E-state index in [0.717, 1.165) is 25.2 Å². The number of Topliss-reactive ketones (excluding diaryl/α,β-unsaturated/α-hetero) is 1. The number of hydrogen-bond acceptors (Lipinski definition) is 5. The molecule has 0 aliphatic heterocycles. The predicted octanol–water partition coefficient (Wildman–Crippen LogP) is 4.78. The monoisotopic (exact) mass is 399 g/mol. The van der Waals surface area contributed by atoms with Gasteiger partial charge in [0.25, 0.3) is 5.91 Å². The van der Waals surface area contributed by atoms with Crippen LogP contribution in [-0.2, 0) is 13.0 Å². The number of benzene rings is 1. The van der Waals surface area contributed by atoms with Gasteiger partial charge in [-0.1, -0.05) is 44.2 Å². The average molecular weight is 400 g/mol. The van der Waals surface area contributed by atoms with E-state index in [2.05, 4.69) is 49.8 Å². The van der Waals surface area contributed by atoms with Crippen molar-refractivity contribution in [3.8, 4) is 0 Å². The van der Waals surface area contributed by atoms with Crippen LogP contribution < -0.4 is 5.32 Å². The van der Waals surface area contributed by atoms with Crippen molar-refractivity contribution >= 4 is 28.2 Å². The second-order valence-corrected chi connectivity index (χ2v) is 9.54. The van der Waals surface area contributed by atoms with Gasteiger partial charge >= 0.3 is 0 Å². The molecule has 5 nitrogen and oxygen atoms in total. The van der Waals surface area contributed by atoms with Gasteiger partial charge in [0.1, 0.15) is 0 Å². The number of nitrogens with one attached hydrogen (secondary N) is 1. The highest BCUT2D eigenvalue weighted by molar-refractivity contribution is 7.17. The summed E-state index contributed by atoms with van der Waals surface area (Å²) in [5.74, 6) is -0.0696. The van der Waals surface area contributed by atoms with Crippen molar-refractivity contribution in [3.63, 3.8) is 0 Å². The first kappa shape index (κ1) is 20.7. The molecule has 2 aromatic rings. The smallest absolute Gasteiger partial charge is 0.257 e. The predicted molar refractivity (Wildman–Crippen MR) is 114 cm³/mol. The fourth-order valence-corrected chi connectivity index (χ4v) is 4.51. The van der Waals surface area contributed by atoms with Crippen molar-refractivity contribution in [1.29, 1.82) is 0 Å². The zero-order valence-corrected chi connectivity index (χ0v) is 18.2. The van der Waals surface area contributed by atoms with Gasteiger partial charge in [0.2, 0.25) is 0 Å². The molecule has 1 N–H and O–H groups in total. The Morgan fingerprint density at radius 2 is 1.93 bits per heavy atom. The number of aromatic nitrogens is 1. The van der Waals surface area contributed by atoms with E-state index in [1.54, 1.807) is 0 Å². The molecule has 150 valence electrons. The molecular formula is C22H29N3O2S. The lowest BCUT2D eigenvalue weighted by Crippen LogP contribution is -2.29. The summed E-state index contributed by atoms with van der Waals surface area (Å²) in [5, 5.41) is 3.36. The van der Waals surface area contributed by atoms with Gasteiger partial charge in [-0.25, -0.2) is 4.98 Å². The Kier molecular flexibility index (Phi) is 6.01. The Bertz CT molecular complexity index is 868. The minimum absolute atomic E-state index is 0.0718. The lowest BCUT2D eigenvalue weighted by Gasteiger charge is -2.26. The first-order valence-electron chi connectivity index (χ1n) is 9.86. The lowest BCUT2D eigenvalue weighted by molar-refractivity contribution is 0.0915. The van der Waals surface area contributed by atoms with Crippen LogP contribution in [0.1, 0.15) is 72.3 Å². The van der Waals surface area contributed by atoms with Crippen molar-refractivity contribution in [2.75, 3.05) is 11.9 Å². The van der Waals surface area contributed by atoms with Crippen LogP contribution in [0.4, 0.5) is 5.13 Å². The maximum Gasteiger partial charge on any atom is 0.257 e. The second kappa shape index (κ2) is 8.13. The molecule has 0 spiro atoms. The molecule has 1 aromatic heterocycles. The van der Waals surface area contributed by atoms with E-state index < -0.39 is 0 Å². The number of hydrogen-bond donors (Lipinski definition) is 1. The topological polar surface area (TPSA) is 62.3 Å². The Hall–Kier alpha value is -2.05. The fourth-order valence-electron chi connectivity index (χ4n) is 3.60. The number of carbonyl (C=O) groups is 2. The standard InChI is InChI=1S/C22H29N3O2S/c1-6-25(14(2)3)13-15-7-9-16(10-8-15)20(27)24-21-23-17-11-22(4,5)12-18(26)19(17)28-21/h7-10,14H,6,11-13H2,1-5H3,(H,23,24,27). The molecule has 0 saturated heterocycles. The van der Waals surface area contributed by atoms with E-state index in [9.17, 15) is 9.59 Å². The molecule has 1 aliphatic carbocycles. The number of amides is 1. The van der Waals surface area contributed by atoms with E-state index in [4.69, 9.17) is 0 Å². The molecule has 3 rings (SSSR count). The normalized spacial score (nSPS) is 15.8. The molecule has 1 amide bonds. The molecule has 1 heterocycles. The summed E-state index contributed by atoms with van der Waals surface area (Å²) >= 11 is 1.29. The first-order valence-corrected chi connectivity index (χ1v) is 10.7. The molecule has 6 heteroatoms. The minimum Gasteiger partial charge on any atom is -0.298 e. The Labute approximate surface area is 171 Å². The van der Waals surface area contributed by atoms with Crippen molar-refractivity contribution in [2.24, 2.45) is 5.41 Å². The van der Waals surface area contributed by atoms with E-state index >= 15 is 0 Å². The van der Waals surface area contributed by atoms with Gasteiger partial charge in [-0.05, 0) is 49.9 Å². The van der Waals surface area contributed by atoms with Gasteiger partial charge in [-0.2, -0.15) is 0 Å². The Morgan fingerprint density at radius 3 is 2.54 bits per heavy atom. The SMILES string of the molecule is CCN(Cc1ccc(C(=O)Nc2nc3c(s2)C(=O)CC(C)(C)C3)cc1)C(C)C. The van der Waals surface area contributed by atoms with Crippen LogP contribution in [0.5, 0.6) is 0 Å². The summed E-state index contributed by atoms with van der Waals surface area (Å²) in [6, 6.07) is 8.18. The highest BCUT2D eigenvalue weighted by atomic mass is 32.1. The highest BCUT2D eigenvalue weighted by Gasteiger charge is 2.34. The van der Waals surface area contributed by atoms with Crippen molar-refractivity contribution in [2.45, 2.75) is 60.0 Å². The highest BCUT2D eigenvalue weighted by Crippen LogP contribution is 2.38. The van der Waals surface area contributed by atoms with Crippen LogP contribution in [0.25, 0.3) is 0 Å². The zero-order valence-electron chi connectivity index (χ0n) is 17.3. The van der Waals surface area contributed by atoms with Gasteiger partial charge in [0.15, 0.2) is 10.9 Å². The number of ketones is 1. The summed E-state index contributed by atoms with van der Waals surface area (Å²) in [4.78, 5) is 32.5. The van der Waals surface area contributed by atoms with Gasteiger partial charge in [0.05, 0.1) is 10.6 Å². The van der Waals surface area contributed by atoms with Crippen LogP contribution in [0.3, 0.4) is 0 Å². The molecule has 28 heavy (non-hydrogen) atoms. The Balaban J connectivity index is 1.68. The molecule has 1 aliphatic rings.